The van der Waals surface area contributed by atoms with Crippen molar-refractivity contribution in [2.24, 2.45) is 0 Å². The lowest BCUT2D eigenvalue weighted by Crippen LogP contribution is -2.22. The molecule has 2 saturated heterocycles. The van der Waals surface area contributed by atoms with E-state index in [1.165, 1.54) is 14.2 Å². The number of methoxy groups -OCH3 is 2. The van der Waals surface area contributed by atoms with E-state index in [4.69, 9.17) is 32.7 Å². The summed E-state index contributed by atoms with van der Waals surface area (Å²) in [6.45, 7) is 2.05. The SMILES string of the molecule is COc1nc(-c2cccc(-c3cccc(-c4cnc(CN5CC(O)C(O)C5)c(OC)n4)c3Cl)c2Cl)cnc1CN1CC(O)C(O)C1. The van der Waals surface area contributed by atoms with Crippen molar-refractivity contribution < 1.29 is 29.9 Å². The van der Waals surface area contributed by atoms with Gasteiger partial charge in [0.15, 0.2) is 0 Å². The van der Waals surface area contributed by atoms with Crippen LogP contribution in [0.1, 0.15) is 11.4 Å². The predicted octanol–water partition coefficient (Wildman–Crippen LogP) is 2.67. The van der Waals surface area contributed by atoms with Gasteiger partial charge in [-0.2, -0.15) is 0 Å². The van der Waals surface area contributed by atoms with Crippen LogP contribution in [-0.2, 0) is 13.1 Å². The van der Waals surface area contributed by atoms with Crippen molar-refractivity contribution >= 4 is 23.2 Å². The number of aliphatic hydroxyl groups is 4. The number of aliphatic hydroxyl groups excluding tert-OH is 4. The molecule has 4 atom stereocenters. The summed E-state index contributed by atoms with van der Waals surface area (Å²) in [4.78, 5) is 22.3. The quantitative estimate of drug-likeness (QED) is 0.207. The molecule has 14 heteroatoms. The number of hydrogen-bond acceptors (Lipinski definition) is 12. The first-order valence-electron chi connectivity index (χ1n) is 14.7. The van der Waals surface area contributed by atoms with Crippen LogP contribution in [0, 0.1) is 0 Å². The molecule has 6 rings (SSSR count). The number of likely N-dealkylation sites (tertiary alicyclic amines) is 2. The third-order valence-corrected chi connectivity index (χ3v) is 9.08. The largest absolute Gasteiger partial charge is 0.480 e. The summed E-state index contributed by atoms with van der Waals surface area (Å²) in [7, 11) is 3.03. The lowest BCUT2D eigenvalue weighted by atomic mass is 9.98. The van der Waals surface area contributed by atoms with E-state index < -0.39 is 24.4 Å². The highest BCUT2D eigenvalue weighted by Gasteiger charge is 2.31. The van der Waals surface area contributed by atoms with E-state index >= 15 is 0 Å². The third-order valence-electron chi connectivity index (χ3n) is 8.27. The summed E-state index contributed by atoms with van der Waals surface area (Å²) in [5, 5.41) is 40.5. The Morgan fingerprint density at radius 1 is 0.630 bits per heavy atom. The van der Waals surface area contributed by atoms with Crippen LogP contribution in [0.25, 0.3) is 33.6 Å². The number of ether oxygens (including phenoxy) is 2. The van der Waals surface area contributed by atoms with Gasteiger partial charge in [-0.3, -0.25) is 19.8 Å². The van der Waals surface area contributed by atoms with Gasteiger partial charge in [0.2, 0.25) is 11.8 Å². The molecule has 0 bridgehead atoms. The topological polar surface area (TPSA) is 157 Å². The minimum Gasteiger partial charge on any atom is -0.480 e. The molecule has 2 aliphatic heterocycles. The third kappa shape index (κ3) is 6.53. The Hall–Kier alpha value is -3.46. The van der Waals surface area contributed by atoms with Crippen LogP contribution >= 0.6 is 23.2 Å². The number of benzene rings is 2. The first-order chi connectivity index (χ1) is 22.2. The Bertz CT molecular complexity index is 1590. The molecule has 0 saturated carbocycles. The zero-order valence-electron chi connectivity index (χ0n) is 25.2. The highest BCUT2D eigenvalue weighted by Crippen LogP contribution is 2.42. The molecular weight excluding hydrogens is 635 g/mol. The molecule has 0 radical (unpaired) electrons. The molecule has 2 aromatic carbocycles. The standard InChI is InChI=1S/C32H34Cl2N6O6/c1-45-31-23(11-39-13-25(41)26(42)14-39)35-9-21(37-31)19-7-3-5-17(29(19)33)18-6-4-8-20(30(18)34)22-10-36-24(32(38-22)46-2)12-40-15-27(43)28(44)16-40/h3-10,25-28,41-44H,11-16H2,1-2H3. The minimum atomic E-state index is -0.801. The number of aromatic nitrogens is 4. The maximum atomic E-state index is 9.90. The van der Waals surface area contributed by atoms with Crippen LogP contribution in [0.4, 0.5) is 0 Å². The van der Waals surface area contributed by atoms with Crippen molar-refractivity contribution in [2.45, 2.75) is 37.5 Å². The average molecular weight is 670 g/mol. The van der Waals surface area contributed by atoms with Gasteiger partial charge in [-0.25, -0.2) is 9.97 Å². The summed E-state index contributed by atoms with van der Waals surface area (Å²) in [5.41, 5.74) is 4.79. The fourth-order valence-corrected chi connectivity index (χ4v) is 6.50. The van der Waals surface area contributed by atoms with Crippen molar-refractivity contribution in [3.8, 4) is 45.4 Å². The van der Waals surface area contributed by atoms with E-state index in [9.17, 15) is 20.4 Å². The molecule has 46 heavy (non-hydrogen) atoms. The maximum Gasteiger partial charge on any atom is 0.237 e. The number of nitrogens with zero attached hydrogens (tertiary/aromatic N) is 6. The highest BCUT2D eigenvalue weighted by atomic mass is 35.5. The lowest BCUT2D eigenvalue weighted by Gasteiger charge is -2.17. The van der Waals surface area contributed by atoms with Crippen molar-refractivity contribution in [2.75, 3.05) is 40.4 Å². The van der Waals surface area contributed by atoms with Gasteiger partial charge in [-0.15, -0.1) is 0 Å². The van der Waals surface area contributed by atoms with Gasteiger partial charge in [-0.1, -0.05) is 59.6 Å². The van der Waals surface area contributed by atoms with Crippen molar-refractivity contribution in [1.82, 2.24) is 29.7 Å². The second kappa shape index (κ2) is 13.7. The van der Waals surface area contributed by atoms with Gasteiger partial charge in [0.1, 0.15) is 11.4 Å². The Kier molecular flexibility index (Phi) is 9.69. The minimum absolute atomic E-state index is 0.322. The van der Waals surface area contributed by atoms with E-state index in [-0.39, 0.29) is 0 Å². The Balaban J connectivity index is 1.28. The first-order valence-corrected chi connectivity index (χ1v) is 15.5. The van der Waals surface area contributed by atoms with Crippen LogP contribution in [0.5, 0.6) is 11.8 Å². The maximum absolute atomic E-state index is 9.90. The summed E-state index contributed by atoms with van der Waals surface area (Å²) >= 11 is 14.0. The van der Waals surface area contributed by atoms with E-state index in [1.807, 2.05) is 46.2 Å². The van der Waals surface area contributed by atoms with Gasteiger partial charge >= 0.3 is 0 Å². The molecule has 242 valence electrons. The van der Waals surface area contributed by atoms with E-state index in [2.05, 4.69) is 19.9 Å². The summed E-state index contributed by atoms with van der Waals surface area (Å²) in [6, 6.07) is 11.1. The molecule has 4 aromatic rings. The Morgan fingerprint density at radius 3 is 1.33 bits per heavy atom. The lowest BCUT2D eigenvalue weighted by molar-refractivity contribution is 0.0572. The zero-order chi connectivity index (χ0) is 32.5. The highest BCUT2D eigenvalue weighted by molar-refractivity contribution is 6.39. The molecule has 4 unspecified atom stereocenters. The normalized spacial score (nSPS) is 22.0. The number of halogens is 2. The van der Waals surface area contributed by atoms with Crippen LogP contribution in [-0.4, -0.2) is 115 Å². The number of hydrogen-bond donors (Lipinski definition) is 4. The number of β-amino-alcohol motifs (C(OH)–C–C–N with tert-alkyl or cyclic N) is 4. The fourth-order valence-electron chi connectivity index (χ4n) is 5.85. The molecule has 2 fully saturated rings. The predicted molar refractivity (Wildman–Crippen MR) is 172 cm³/mol. The molecule has 4 heterocycles. The van der Waals surface area contributed by atoms with Crippen LogP contribution < -0.4 is 9.47 Å². The second-order valence-electron chi connectivity index (χ2n) is 11.4. The van der Waals surface area contributed by atoms with Gasteiger partial charge in [-0.05, 0) is 0 Å². The molecule has 12 nitrogen and oxygen atoms in total. The van der Waals surface area contributed by atoms with Crippen LogP contribution in [0.2, 0.25) is 10.0 Å². The van der Waals surface area contributed by atoms with E-state index in [1.54, 1.807) is 12.4 Å². The number of rotatable bonds is 9. The smallest absolute Gasteiger partial charge is 0.237 e. The zero-order valence-corrected chi connectivity index (χ0v) is 26.7. The molecule has 2 aromatic heterocycles. The molecule has 0 aliphatic carbocycles. The molecular formula is C32H34Cl2N6O6. The second-order valence-corrected chi connectivity index (χ2v) is 12.2. The Morgan fingerprint density at radius 2 is 0.978 bits per heavy atom. The van der Waals surface area contributed by atoms with Crippen LogP contribution in [0.3, 0.4) is 0 Å². The van der Waals surface area contributed by atoms with Gasteiger partial charge < -0.3 is 29.9 Å². The molecule has 0 amide bonds. The monoisotopic (exact) mass is 668 g/mol. The van der Waals surface area contributed by atoms with Gasteiger partial charge in [0.05, 0.1) is 72.5 Å². The van der Waals surface area contributed by atoms with E-state index in [0.29, 0.717) is 106 Å². The van der Waals surface area contributed by atoms with Crippen molar-refractivity contribution in [1.29, 1.82) is 0 Å². The first kappa shape index (κ1) is 32.5. The van der Waals surface area contributed by atoms with Crippen molar-refractivity contribution in [3.05, 3.63) is 70.2 Å². The summed E-state index contributed by atoms with van der Waals surface area (Å²) in [5.74, 6) is 0.644. The molecule has 0 spiro atoms. The fraction of sp³-hybridized carbons (Fsp3) is 0.375. The Labute approximate surface area is 275 Å². The van der Waals surface area contributed by atoms with E-state index in [0.717, 1.165) is 0 Å². The summed E-state index contributed by atoms with van der Waals surface area (Å²) in [6.07, 6.45) is 0.0399. The van der Waals surface area contributed by atoms with Gasteiger partial charge in [0, 0.05) is 61.5 Å². The van der Waals surface area contributed by atoms with Crippen molar-refractivity contribution in [3.63, 3.8) is 0 Å². The molecule has 2 aliphatic rings. The summed E-state index contributed by atoms with van der Waals surface area (Å²) < 4.78 is 11.1. The van der Waals surface area contributed by atoms with Crippen LogP contribution in [0.15, 0.2) is 48.8 Å². The molecule has 4 N–H and O–H groups in total. The average Bonchev–Trinajstić information content (AvgIpc) is 3.54. The van der Waals surface area contributed by atoms with Gasteiger partial charge in [0.25, 0.3) is 0 Å².